The van der Waals surface area contributed by atoms with Gasteiger partial charge in [0.05, 0.1) is 17.8 Å². The summed E-state index contributed by atoms with van der Waals surface area (Å²) < 4.78 is 20.4. The molecule has 0 spiro atoms. The second-order valence-electron chi connectivity index (χ2n) is 10.0. The molecule has 2 aromatic carbocycles. The number of ether oxygens (including phenoxy) is 1. The Morgan fingerprint density at radius 3 is 2.53 bits per heavy atom. The third-order valence-electron chi connectivity index (χ3n) is 5.79. The van der Waals surface area contributed by atoms with E-state index in [9.17, 15) is 14.4 Å². The Labute approximate surface area is 220 Å². The number of hydrogen-bond donors (Lipinski definition) is 1. The summed E-state index contributed by atoms with van der Waals surface area (Å²) in [4.78, 5) is 41.1. The molecule has 0 saturated heterocycles. The fraction of sp³-hybridized carbons (Fsp3) is 0.444. The molecule has 0 aliphatic carbocycles. The van der Waals surface area contributed by atoms with Gasteiger partial charge in [0.2, 0.25) is 0 Å². The molecule has 1 unspecified atom stereocenters. The van der Waals surface area contributed by atoms with Gasteiger partial charge in [-0.25, -0.2) is 9.18 Å². The molecule has 0 aromatic heterocycles. The number of amides is 2. The molecule has 6 nitrogen and oxygen atoms in total. The standard InChI is InChI=1S/C27H32ClFN2O4S/c1-6-16(2)11-23(32)19-12-22-24(13-20(19)29)36-15-21(30-26(34)35-27(3,4)5)25(33)31(22)14-17-7-9-18(28)10-8-17/h7-10,12-13,16,21H,6,11,14-15H2,1-5H3,(H,30,34)/t16?,21-/m0/s1. The molecule has 36 heavy (non-hydrogen) atoms. The van der Waals surface area contributed by atoms with Crippen molar-refractivity contribution in [2.75, 3.05) is 10.7 Å². The zero-order chi connectivity index (χ0) is 26.6. The van der Waals surface area contributed by atoms with Gasteiger partial charge >= 0.3 is 6.09 Å². The third kappa shape index (κ3) is 7.23. The highest BCUT2D eigenvalue weighted by Crippen LogP contribution is 2.38. The number of fused-ring (bicyclic) bond motifs is 1. The number of benzene rings is 2. The fourth-order valence-electron chi connectivity index (χ4n) is 3.69. The summed E-state index contributed by atoms with van der Waals surface area (Å²) in [5.41, 5.74) is 0.452. The van der Waals surface area contributed by atoms with Crippen LogP contribution >= 0.6 is 23.4 Å². The van der Waals surface area contributed by atoms with E-state index in [1.54, 1.807) is 45.0 Å². The van der Waals surface area contributed by atoms with Crippen molar-refractivity contribution < 1.29 is 23.5 Å². The van der Waals surface area contributed by atoms with Crippen LogP contribution in [0, 0.1) is 11.7 Å². The van der Waals surface area contributed by atoms with Crippen molar-refractivity contribution >= 4 is 46.8 Å². The van der Waals surface area contributed by atoms with Crippen LogP contribution in [0.2, 0.25) is 5.02 Å². The first kappa shape index (κ1) is 28.0. The lowest BCUT2D eigenvalue weighted by Crippen LogP contribution is -2.50. The predicted molar refractivity (Wildman–Crippen MR) is 141 cm³/mol. The summed E-state index contributed by atoms with van der Waals surface area (Å²) in [6, 6.07) is 8.89. The molecule has 0 radical (unpaired) electrons. The van der Waals surface area contributed by atoms with E-state index in [-0.39, 0.29) is 41.9 Å². The molecule has 3 rings (SSSR count). The monoisotopic (exact) mass is 534 g/mol. The number of carbonyl (C=O) groups excluding carboxylic acids is 3. The highest BCUT2D eigenvalue weighted by Gasteiger charge is 2.34. The maximum absolute atomic E-state index is 15.1. The highest BCUT2D eigenvalue weighted by molar-refractivity contribution is 7.99. The summed E-state index contributed by atoms with van der Waals surface area (Å²) in [7, 11) is 0. The van der Waals surface area contributed by atoms with Crippen LogP contribution in [0.5, 0.6) is 0 Å². The number of hydrogen-bond acceptors (Lipinski definition) is 5. The van der Waals surface area contributed by atoms with Crippen molar-refractivity contribution in [2.45, 2.75) is 70.5 Å². The van der Waals surface area contributed by atoms with Crippen LogP contribution in [0.4, 0.5) is 14.9 Å². The van der Waals surface area contributed by atoms with Crippen LogP contribution in [0.25, 0.3) is 0 Å². The van der Waals surface area contributed by atoms with Crippen molar-refractivity contribution in [1.82, 2.24) is 5.32 Å². The molecular weight excluding hydrogens is 503 g/mol. The Morgan fingerprint density at radius 2 is 1.92 bits per heavy atom. The molecule has 2 atom stereocenters. The molecular formula is C27H32ClFN2O4S. The third-order valence-corrected chi connectivity index (χ3v) is 7.18. The van der Waals surface area contributed by atoms with Gasteiger partial charge in [-0.3, -0.25) is 9.59 Å². The minimum atomic E-state index is -0.910. The highest BCUT2D eigenvalue weighted by atomic mass is 35.5. The summed E-state index contributed by atoms with van der Waals surface area (Å²) in [5, 5.41) is 3.21. The van der Waals surface area contributed by atoms with Crippen molar-refractivity contribution in [3.8, 4) is 0 Å². The second kappa shape index (κ2) is 11.6. The number of Topliss-reactive ketones (excluding diaryl/α,β-unsaturated/α-hetero) is 1. The fourth-order valence-corrected chi connectivity index (χ4v) is 4.90. The van der Waals surface area contributed by atoms with E-state index in [1.807, 2.05) is 13.8 Å². The molecule has 2 aromatic rings. The van der Waals surface area contributed by atoms with Gasteiger partial charge in [0.15, 0.2) is 5.78 Å². The van der Waals surface area contributed by atoms with Crippen LogP contribution in [0.1, 0.15) is 63.4 Å². The minimum absolute atomic E-state index is 0.0397. The first-order valence-corrected chi connectivity index (χ1v) is 13.3. The van der Waals surface area contributed by atoms with Gasteiger partial charge in [-0.05, 0) is 56.5 Å². The molecule has 1 aliphatic rings. The van der Waals surface area contributed by atoms with E-state index in [1.165, 1.54) is 28.8 Å². The molecule has 0 bridgehead atoms. The smallest absolute Gasteiger partial charge is 0.408 e. The van der Waals surface area contributed by atoms with Crippen molar-refractivity contribution in [2.24, 2.45) is 5.92 Å². The Kier molecular flexibility index (Phi) is 9.06. The lowest BCUT2D eigenvalue weighted by atomic mass is 9.97. The SMILES string of the molecule is CCC(C)CC(=O)c1cc2c(cc1F)SC[C@H](NC(=O)OC(C)(C)C)C(=O)N2Cc1ccc(Cl)cc1. The summed E-state index contributed by atoms with van der Waals surface area (Å²) in [6.45, 7) is 9.28. The van der Waals surface area contributed by atoms with Gasteiger partial charge in [0.25, 0.3) is 5.91 Å². The number of halogens is 2. The number of thioether (sulfide) groups is 1. The van der Waals surface area contributed by atoms with E-state index >= 15 is 4.39 Å². The van der Waals surface area contributed by atoms with Crippen LogP contribution < -0.4 is 10.2 Å². The van der Waals surface area contributed by atoms with Gasteiger partial charge in [0.1, 0.15) is 17.5 Å². The van der Waals surface area contributed by atoms with Crippen LogP contribution in [0.15, 0.2) is 41.3 Å². The predicted octanol–water partition coefficient (Wildman–Crippen LogP) is 6.63. The summed E-state index contributed by atoms with van der Waals surface area (Å²) >= 11 is 7.27. The molecule has 194 valence electrons. The number of rotatable bonds is 7. The number of alkyl carbamates (subject to hydrolysis) is 1. The van der Waals surface area contributed by atoms with Crippen LogP contribution in [-0.2, 0) is 16.1 Å². The minimum Gasteiger partial charge on any atom is -0.444 e. The molecule has 2 amide bonds. The maximum Gasteiger partial charge on any atom is 0.408 e. The summed E-state index contributed by atoms with van der Waals surface area (Å²) in [6.07, 6.45) is 0.301. The zero-order valence-electron chi connectivity index (χ0n) is 21.2. The topological polar surface area (TPSA) is 75.7 Å². The molecule has 0 saturated carbocycles. The first-order valence-electron chi connectivity index (χ1n) is 11.9. The molecule has 1 heterocycles. The Morgan fingerprint density at radius 1 is 1.25 bits per heavy atom. The number of anilines is 1. The number of ketones is 1. The lowest BCUT2D eigenvalue weighted by Gasteiger charge is -2.27. The number of nitrogens with zero attached hydrogens (tertiary/aromatic N) is 1. The quantitative estimate of drug-likeness (QED) is 0.403. The Bertz CT molecular complexity index is 1130. The molecule has 9 heteroatoms. The molecule has 1 N–H and O–H groups in total. The van der Waals surface area contributed by atoms with Crippen LogP contribution in [0.3, 0.4) is 0 Å². The number of nitrogens with one attached hydrogen (secondary N) is 1. The Hall–Kier alpha value is -2.58. The lowest BCUT2D eigenvalue weighted by molar-refractivity contribution is -0.120. The number of carbonyl (C=O) groups is 3. The second-order valence-corrected chi connectivity index (χ2v) is 11.5. The van der Waals surface area contributed by atoms with E-state index in [2.05, 4.69) is 5.32 Å². The van der Waals surface area contributed by atoms with Crippen LogP contribution in [-0.4, -0.2) is 35.2 Å². The van der Waals surface area contributed by atoms with Crippen molar-refractivity contribution in [3.05, 3.63) is 58.4 Å². The van der Waals surface area contributed by atoms with Crippen molar-refractivity contribution in [3.63, 3.8) is 0 Å². The normalized spacial score (nSPS) is 16.7. The van der Waals surface area contributed by atoms with E-state index in [4.69, 9.17) is 16.3 Å². The summed E-state index contributed by atoms with van der Waals surface area (Å²) in [5.74, 6) is -1.01. The zero-order valence-corrected chi connectivity index (χ0v) is 22.8. The van der Waals surface area contributed by atoms with E-state index in [0.29, 0.717) is 15.6 Å². The molecule has 1 aliphatic heterocycles. The average Bonchev–Trinajstić information content (AvgIpc) is 2.90. The van der Waals surface area contributed by atoms with Gasteiger partial charge in [-0.1, -0.05) is 44.0 Å². The van der Waals surface area contributed by atoms with E-state index in [0.717, 1.165) is 12.0 Å². The largest absolute Gasteiger partial charge is 0.444 e. The van der Waals surface area contributed by atoms with Gasteiger partial charge in [0, 0.05) is 22.1 Å². The average molecular weight is 535 g/mol. The molecule has 0 fully saturated rings. The van der Waals surface area contributed by atoms with Gasteiger partial charge in [-0.2, -0.15) is 0 Å². The van der Waals surface area contributed by atoms with Gasteiger partial charge in [-0.15, -0.1) is 11.8 Å². The van der Waals surface area contributed by atoms with Gasteiger partial charge < -0.3 is 15.0 Å². The Balaban J connectivity index is 2.00. The maximum atomic E-state index is 15.1. The first-order chi connectivity index (χ1) is 16.9. The van der Waals surface area contributed by atoms with Crippen molar-refractivity contribution in [1.29, 1.82) is 0 Å². The van der Waals surface area contributed by atoms with E-state index < -0.39 is 23.6 Å².